The number of halogens is 3. The van der Waals surface area contributed by atoms with Crippen LogP contribution in [0.15, 0.2) is 36.4 Å². The zero-order valence-corrected chi connectivity index (χ0v) is 17.9. The van der Waals surface area contributed by atoms with Gasteiger partial charge in [0.2, 0.25) is 5.88 Å². The van der Waals surface area contributed by atoms with Gasteiger partial charge in [-0.05, 0) is 61.9 Å². The summed E-state index contributed by atoms with van der Waals surface area (Å²) in [7, 11) is 0. The lowest BCUT2D eigenvalue weighted by Crippen LogP contribution is -2.32. The molecular weight excluding hydrogens is 407 g/mol. The third-order valence-electron chi connectivity index (χ3n) is 5.41. The number of carbonyl (C=O) groups excluding carboxylic acids is 1. The molecule has 0 spiro atoms. The van der Waals surface area contributed by atoms with E-state index in [1.807, 2.05) is 13.0 Å². The Morgan fingerprint density at radius 1 is 1.29 bits per heavy atom. The molecule has 31 heavy (non-hydrogen) atoms. The molecule has 0 N–H and O–H groups in total. The van der Waals surface area contributed by atoms with Crippen LogP contribution in [0, 0.1) is 5.82 Å². The van der Waals surface area contributed by atoms with Gasteiger partial charge in [-0.3, -0.25) is 0 Å². The van der Waals surface area contributed by atoms with Crippen molar-refractivity contribution < 1.29 is 27.4 Å². The first kappa shape index (κ1) is 22.8. The Kier molecular flexibility index (Phi) is 6.72. The normalized spacial score (nSPS) is 15.7. The molecule has 0 aliphatic carbocycles. The van der Waals surface area contributed by atoms with E-state index in [-0.39, 0.29) is 23.8 Å². The van der Waals surface area contributed by atoms with Crippen LogP contribution in [-0.2, 0) is 17.6 Å². The second kappa shape index (κ2) is 9.12. The Labute approximate surface area is 180 Å². The van der Waals surface area contributed by atoms with Gasteiger partial charge < -0.3 is 9.47 Å². The van der Waals surface area contributed by atoms with E-state index >= 15 is 0 Å². The number of pyridine rings is 1. The molecule has 1 aliphatic heterocycles. The van der Waals surface area contributed by atoms with Crippen molar-refractivity contribution in [2.75, 3.05) is 6.61 Å². The highest BCUT2D eigenvalue weighted by Gasteiger charge is 2.37. The maximum atomic E-state index is 14.9. The fourth-order valence-electron chi connectivity index (χ4n) is 3.56. The van der Waals surface area contributed by atoms with E-state index in [2.05, 4.69) is 11.6 Å². The predicted molar refractivity (Wildman–Crippen MR) is 112 cm³/mol. The molecule has 0 fully saturated rings. The third kappa shape index (κ3) is 4.92. The molecular formula is C24H26F3NO3. The molecule has 0 saturated carbocycles. The number of alkyl halides is 2. The molecule has 0 amide bonds. The molecule has 3 rings (SSSR count). The van der Waals surface area contributed by atoms with Crippen LogP contribution in [0.3, 0.4) is 0 Å². The van der Waals surface area contributed by atoms with Crippen molar-refractivity contribution >= 4 is 5.97 Å². The molecule has 1 aromatic heterocycles. The van der Waals surface area contributed by atoms with Gasteiger partial charge in [0.25, 0.3) is 5.92 Å². The average molecular weight is 433 g/mol. The largest absolute Gasteiger partial charge is 0.474 e. The van der Waals surface area contributed by atoms with Gasteiger partial charge in [0.05, 0.1) is 13.0 Å². The van der Waals surface area contributed by atoms with Crippen molar-refractivity contribution in [1.82, 2.24) is 4.98 Å². The van der Waals surface area contributed by atoms with E-state index in [4.69, 9.17) is 9.47 Å². The zero-order valence-electron chi connectivity index (χ0n) is 17.9. The van der Waals surface area contributed by atoms with Crippen LogP contribution in [-0.4, -0.2) is 29.6 Å². The SMILES string of the molecule is C=C(C)C(F)(F)CC1CCc2c(-c3ccc(CC)cc3F)cc(C(=O)OCC)nc2O1. The summed E-state index contributed by atoms with van der Waals surface area (Å²) in [5, 5.41) is 0. The predicted octanol–water partition coefficient (Wildman–Crippen LogP) is 5.92. The average Bonchev–Trinajstić information content (AvgIpc) is 2.72. The summed E-state index contributed by atoms with van der Waals surface area (Å²) < 4.78 is 54.0. The Hall–Kier alpha value is -2.83. The topological polar surface area (TPSA) is 48.4 Å². The maximum Gasteiger partial charge on any atom is 0.357 e. The number of fused-ring (bicyclic) bond motifs is 1. The molecule has 166 valence electrons. The monoisotopic (exact) mass is 433 g/mol. The van der Waals surface area contributed by atoms with Gasteiger partial charge in [-0.2, -0.15) is 0 Å². The van der Waals surface area contributed by atoms with Crippen molar-refractivity contribution in [3.05, 3.63) is 59.1 Å². The smallest absolute Gasteiger partial charge is 0.357 e. The number of hydrogen-bond donors (Lipinski definition) is 0. The molecule has 1 unspecified atom stereocenters. The lowest BCUT2D eigenvalue weighted by molar-refractivity contribution is -0.0109. The first-order chi connectivity index (χ1) is 14.7. The highest BCUT2D eigenvalue weighted by Crippen LogP contribution is 2.39. The minimum Gasteiger partial charge on any atom is -0.474 e. The van der Waals surface area contributed by atoms with Crippen molar-refractivity contribution in [2.45, 2.75) is 58.5 Å². The number of nitrogens with zero attached hydrogens (tertiary/aromatic N) is 1. The number of rotatable bonds is 7. The van der Waals surface area contributed by atoms with Crippen LogP contribution in [0.1, 0.15) is 55.2 Å². The maximum absolute atomic E-state index is 14.9. The van der Waals surface area contributed by atoms with Gasteiger partial charge in [0, 0.05) is 11.1 Å². The van der Waals surface area contributed by atoms with Crippen LogP contribution in [0.25, 0.3) is 11.1 Å². The van der Waals surface area contributed by atoms with Gasteiger partial charge in [-0.1, -0.05) is 25.6 Å². The lowest BCUT2D eigenvalue weighted by Gasteiger charge is -2.30. The Balaban J connectivity index is 2.05. The van der Waals surface area contributed by atoms with E-state index in [1.165, 1.54) is 19.1 Å². The number of allylic oxidation sites excluding steroid dienone is 1. The van der Waals surface area contributed by atoms with Crippen molar-refractivity contribution in [1.29, 1.82) is 0 Å². The lowest BCUT2D eigenvalue weighted by atomic mass is 9.91. The Morgan fingerprint density at radius 3 is 2.65 bits per heavy atom. The van der Waals surface area contributed by atoms with Gasteiger partial charge in [0.1, 0.15) is 11.9 Å². The number of benzene rings is 1. The number of carbonyl (C=O) groups is 1. The number of esters is 1. The van der Waals surface area contributed by atoms with Crippen molar-refractivity contribution in [2.24, 2.45) is 0 Å². The summed E-state index contributed by atoms with van der Waals surface area (Å²) in [6.45, 7) is 8.35. The number of ether oxygens (including phenoxy) is 2. The van der Waals surface area contributed by atoms with E-state index in [0.29, 0.717) is 36.0 Å². The van der Waals surface area contributed by atoms with Crippen LogP contribution < -0.4 is 4.74 Å². The summed E-state index contributed by atoms with van der Waals surface area (Å²) in [6, 6.07) is 6.40. The number of hydrogen-bond acceptors (Lipinski definition) is 4. The summed E-state index contributed by atoms with van der Waals surface area (Å²) in [5.74, 6) is -4.13. The third-order valence-corrected chi connectivity index (χ3v) is 5.41. The van der Waals surface area contributed by atoms with Crippen molar-refractivity contribution in [3.63, 3.8) is 0 Å². The molecule has 0 bridgehead atoms. The first-order valence-corrected chi connectivity index (χ1v) is 10.4. The molecule has 0 radical (unpaired) electrons. The standard InChI is InChI=1S/C24H26F3NO3/c1-5-15-7-9-17(20(25)11-15)19-12-21(23(29)30-6-2)28-22-18(19)10-8-16(31-22)13-24(26,27)14(3)4/h7,9,11-12,16H,3,5-6,8,10,13H2,1-2,4H3. The summed E-state index contributed by atoms with van der Waals surface area (Å²) in [4.78, 5) is 16.6. The van der Waals surface area contributed by atoms with E-state index in [9.17, 15) is 18.0 Å². The van der Waals surface area contributed by atoms with Crippen LogP contribution in [0.2, 0.25) is 0 Å². The summed E-state index contributed by atoms with van der Waals surface area (Å²) >= 11 is 0. The molecule has 0 saturated heterocycles. The molecule has 1 aromatic carbocycles. The fraction of sp³-hybridized carbons (Fsp3) is 0.417. The zero-order chi connectivity index (χ0) is 22.8. The van der Waals surface area contributed by atoms with E-state index < -0.39 is 30.2 Å². The molecule has 2 aromatic rings. The molecule has 1 atom stereocenters. The van der Waals surface area contributed by atoms with Crippen molar-refractivity contribution in [3.8, 4) is 17.0 Å². The van der Waals surface area contributed by atoms with Crippen LogP contribution in [0.5, 0.6) is 5.88 Å². The minimum atomic E-state index is -3.08. The fourth-order valence-corrected chi connectivity index (χ4v) is 3.56. The van der Waals surface area contributed by atoms with E-state index in [1.54, 1.807) is 13.0 Å². The summed E-state index contributed by atoms with van der Waals surface area (Å²) in [6.07, 6.45) is 0.0259. The second-order valence-electron chi connectivity index (χ2n) is 7.69. The molecule has 1 aliphatic rings. The number of aryl methyl sites for hydroxylation is 1. The highest BCUT2D eigenvalue weighted by molar-refractivity contribution is 5.90. The second-order valence-corrected chi connectivity index (χ2v) is 7.69. The highest BCUT2D eigenvalue weighted by atomic mass is 19.3. The van der Waals surface area contributed by atoms with Gasteiger partial charge in [0.15, 0.2) is 5.69 Å². The molecule has 2 heterocycles. The quantitative estimate of drug-likeness (QED) is 0.402. The van der Waals surface area contributed by atoms with Gasteiger partial charge in [-0.15, -0.1) is 0 Å². The molecule has 4 nitrogen and oxygen atoms in total. The Morgan fingerprint density at radius 2 is 2.03 bits per heavy atom. The first-order valence-electron chi connectivity index (χ1n) is 10.4. The van der Waals surface area contributed by atoms with Crippen LogP contribution in [0.4, 0.5) is 13.2 Å². The van der Waals surface area contributed by atoms with Gasteiger partial charge in [-0.25, -0.2) is 22.9 Å². The summed E-state index contributed by atoms with van der Waals surface area (Å²) in [5.41, 5.74) is 1.89. The van der Waals surface area contributed by atoms with E-state index in [0.717, 1.165) is 5.56 Å². The molecule has 7 heteroatoms. The Bertz CT molecular complexity index is 1000. The minimum absolute atomic E-state index is 0.0538. The number of aromatic nitrogens is 1. The van der Waals surface area contributed by atoms with Gasteiger partial charge >= 0.3 is 5.97 Å². The van der Waals surface area contributed by atoms with Crippen LogP contribution >= 0.6 is 0 Å².